The molecule has 1 saturated heterocycles. The number of amides is 1. The minimum Gasteiger partial charge on any atom is -0.376 e. The van der Waals surface area contributed by atoms with E-state index >= 15 is 0 Å². The second kappa shape index (κ2) is 11.2. The van der Waals surface area contributed by atoms with Gasteiger partial charge in [-0.15, -0.1) is 0 Å². The van der Waals surface area contributed by atoms with Crippen LogP contribution in [-0.2, 0) is 11.3 Å². The molecule has 7 nitrogen and oxygen atoms in total. The number of rotatable bonds is 8. The van der Waals surface area contributed by atoms with E-state index in [0.29, 0.717) is 45.4 Å². The molecule has 2 aliphatic rings. The molecule has 5 rings (SSSR count). The molecule has 2 aromatic carbocycles. The molecule has 1 aromatic heterocycles. The Morgan fingerprint density at radius 2 is 1.92 bits per heavy atom. The topological polar surface area (TPSA) is 90.3 Å². The van der Waals surface area contributed by atoms with Crippen molar-refractivity contribution in [3.8, 4) is 0 Å². The number of hydrogen-bond donors (Lipinski definition) is 1. The second-order valence-electron chi connectivity index (χ2n) is 9.35. The van der Waals surface area contributed by atoms with Crippen molar-refractivity contribution in [2.24, 2.45) is 0 Å². The monoisotopic (exact) mass is 525 g/mol. The van der Waals surface area contributed by atoms with Gasteiger partial charge in [0, 0.05) is 28.8 Å². The number of ketones is 1. The fourth-order valence-corrected chi connectivity index (χ4v) is 5.91. The maximum atomic E-state index is 13.5. The van der Waals surface area contributed by atoms with Gasteiger partial charge in [-0.25, -0.2) is 4.98 Å². The van der Waals surface area contributed by atoms with E-state index in [0.717, 1.165) is 38.5 Å². The zero-order valence-electron chi connectivity index (χ0n) is 19.9. The lowest BCUT2D eigenvalue weighted by molar-refractivity contribution is 0.0935. The average molecular weight is 526 g/mol. The standard InChI is InChI=1S/C27H28ClN3O4S/c28-19-6-3-5-17(13-19)24(32)16-36-27-30-23-14-18(25(33)29-20-7-1-2-8-20)10-11-22(23)26(34)31(27)15-21-9-4-12-35-21/h3,5-6,10-11,13-14,20-21H,1-2,4,7-9,12,15-16H2,(H,29,33)/t21-/m1/s1. The van der Waals surface area contributed by atoms with Gasteiger partial charge < -0.3 is 10.1 Å². The maximum Gasteiger partial charge on any atom is 0.262 e. The molecular weight excluding hydrogens is 498 g/mol. The van der Waals surface area contributed by atoms with Crippen molar-refractivity contribution < 1.29 is 14.3 Å². The first-order valence-corrected chi connectivity index (χ1v) is 13.7. The summed E-state index contributed by atoms with van der Waals surface area (Å²) in [5, 5.41) is 4.46. The number of nitrogens with zero attached hydrogens (tertiary/aromatic N) is 2. The second-order valence-corrected chi connectivity index (χ2v) is 10.7. The fraction of sp³-hybridized carbons (Fsp3) is 0.407. The molecule has 0 radical (unpaired) electrons. The highest BCUT2D eigenvalue weighted by Crippen LogP contribution is 2.24. The molecule has 0 spiro atoms. The van der Waals surface area contributed by atoms with Gasteiger partial charge in [-0.3, -0.25) is 19.0 Å². The molecule has 1 N–H and O–H groups in total. The third kappa shape index (κ3) is 5.66. The van der Waals surface area contributed by atoms with E-state index in [9.17, 15) is 14.4 Å². The molecule has 2 heterocycles. The molecule has 1 atom stereocenters. The van der Waals surface area contributed by atoms with Crippen LogP contribution in [0.3, 0.4) is 0 Å². The van der Waals surface area contributed by atoms with Gasteiger partial charge in [0.2, 0.25) is 0 Å². The van der Waals surface area contributed by atoms with E-state index in [4.69, 9.17) is 21.3 Å². The highest BCUT2D eigenvalue weighted by molar-refractivity contribution is 7.99. The number of thioether (sulfide) groups is 1. The SMILES string of the molecule is O=C(CSc1nc2cc(C(=O)NC3CCCC3)ccc2c(=O)n1C[C@H]1CCCO1)c1cccc(Cl)c1. The van der Waals surface area contributed by atoms with Gasteiger partial charge in [-0.1, -0.05) is 48.3 Å². The van der Waals surface area contributed by atoms with E-state index in [2.05, 4.69) is 5.32 Å². The van der Waals surface area contributed by atoms with Crippen LogP contribution in [0.5, 0.6) is 0 Å². The third-order valence-electron chi connectivity index (χ3n) is 6.76. The largest absolute Gasteiger partial charge is 0.376 e. The predicted octanol–water partition coefficient (Wildman–Crippen LogP) is 4.88. The third-order valence-corrected chi connectivity index (χ3v) is 7.97. The lowest BCUT2D eigenvalue weighted by Gasteiger charge is -2.17. The van der Waals surface area contributed by atoms with Gasteiger partial charge in [0.25, 0.3) is 11.5 Å². The minimum absolute atomic E-state index is 0.0682. The average Bonchev–Trinajstić information content (AvgIpc) is 3.58. The highest BCUT2D eigenvalue weighted by Gasteiger charge is 2.22. The summed E-state index contributed by atoms with van der Waals surface area (Å²) in [6.07, 6.45) is 6.00. The first-order chi connectivity index (χ1) is 17.5. The van der Waals surface area contributed by atoms with Crippen LogP contribution >= 0.6 is 23.4 Å². The summed E-state index contributed by atoms with van der Waals surface area (Å²) >= 11 is 7.25. The van der Waals surface area contributed by atoms with Crippen LogP contribution in [0.4, 0.5) is 0 Å². The van der Waals surface area contributed by atoms with Crippen molar-refractivity contribution in [2.45, 2.75) is 62.4 Å². The van der Waals surface area contributed by atoms with E-state index in [1.54, 1.807) is 47.0 Å². The zero-order chi connectivity index (χ0) is 25.1. The molecule has 36 heavy (non-hydrogen) atoms. The Labute approximate surface area is 218 Å². The minimum atomic E-state index is -0.198. The summed E-state index contributed by atoms with van der Waals surface area (Å²) < 4.78 is 7.37. The van der Waals surface area contributed by atoms with Gasteiger partial charge in [0.05, 0.1) is 29.3 Å². The Bertz CT molecular complexity index is 1350. The number of aromatic nitrogens is 2. The Balaban J connectivity index is 1.45. The smallest absolute Gasteiger partial charge is 0.262 e. The lowest BCUT2D eigenvalue weighted by atomic mass is 10.1. The number of benzene rings is 2. The first-order valence-electron chi connectivity index (χ1n) is 12.4. The number of nitrogens with one attached hydrogen (secondary N) is 1. The van der Waals surface area contributed by atoms with Crippen LogP contribution in [0.15, 0.2) is 52.4 Å². The Kier molecular flexibility index (Phi) is 7.74. The fourth-order valence-electron chi connectivity index (χ4n) is 4.82. The summed E-state index contributed by atoms with van der Waals surface area (Å²) in [7, 11) is 0. The van der Waals surface area contributed by atoms with Crippen LogP contribution in [0.2, 0.25) is 5.02 Å². The molecule has 1 aliphatic carbocycles. The lowest BCUT2D eigenvalue weighted by Crippen LogP contribution is -2.32. The van der Waals surface area contributed by atoms with Crippen molar-refractivity contribution in [3.05, 3.63) is 69.0 Å². The number of Topliss-reactive ketones (excluding diaryl/α,β-unsaturated/α-hetero) is 1. The summed E-state index contributed by atoms with van der Waals surface area (Å²) in [5.41, 5.74) is 1.23. The van der Waals surface area contributed by atoms with Gasteiger partial charge in [0.1, 0.15) is 0 Å². The molecular formula is C27H28ClN3O4S. The molecule has 9 heteroatoms. The molecule has 1 amide bonds. The molecule has 2 fully saturated rings. The summed E-state index contributed by atoms with van der Waals surface area (Å²) in [6, 6.07) is 12.0. The summed E-state index contributed by atoms with van der Waals surface area (Å²) in [4.78, 5) is 43.9. The Hall–Kier alpha value is -2.68. The Morgan fingerprint density at radius 1 is 1.08 bits per heavy atom. The number of carbonyl (C=O) groups excluding carboxylic acids is 2. The van der Waals surface area contributed by atoms with E-state index < -0.39 is 0 Å². The quantitative estimate of drug-likeness (QED) is 0.256. The molecule has 3 aromatic rings. The highest BCUT2D eigenvalue weighted by atomic mass is 35.5. The van der Waals surface area contributed by atoms with Crippen molar-refractivity contribution >= 4 is 46.0 Å². The zero-order valence-corrected chi connectivity index (χ0v) is 21.4. The van der Waals surface area contributed by atoms with E-state index in [1.165, 1.54) is 11.8 Å². The predicted molar refractivity (Wildman–Crippen MR) is 141 cm³/mol. The van der Waals surface area contributed by atoms with Crippen molar-refractivity contribution in [2.75, 3.05) is 12.4 Å². The summed E-state index contributed by atoms with van der Waals surface area (Å²) in [5.74, 6) is -0.157. The number of carbonyl (C=O) groups is 2. The van der Waals surface area contributed by atoms with E-state index in [-0.39, 0.29) is 35.1 Å². The van der Waals surface area contributed by atoms with Gasteiger partial charge in [0.15, 0.2) is 10.9 Å². The van der Waals surface area contributed by atoms with Gasteiger partial charge in [-0.2, -0.15) is 0 Å². The van der Waals surface area contributed by atoms with Crippen LogP contribution in [-0.4, -0.2) is 45.7 Å². The van der Waals surface area contributed by atoms with Crippen molar-refractivity contribution in [3.63, 3.8) is 0 Å². The van der Waals surface area contributed by atoms with Crippen LogP contribution in [0.1, 0.15) is 59.2 Å². The van der Waals surface area contributed by atoms with Crippen LogP contribution in [0.25, 0.3) is 10.9 Å². The van der Waals surface area contributed by atoms with Gasteiger partial charge in [-0.05, 0) is 56.0 Å². The number of fused-ring (bicyclic) bond motifs is 1. The normalized spacial score (nSPS) is 18.1. The van der Waals surface area contributed by atoms with Crippen molar-refractivity contribution in [1.29, 1.82) is 0 Å². The van der Waals surface area contributed by atoms with Crippen LogP contribution in [0, 0.1) is 0 Å². The molecule has 0 bridgehead atoms. The van der Waals surface area contributed by atoms with Gasteiger partial charge >= 0.3 is 0 Å². The molecule has 0 unspecified atom stereocenters. The number of halogens is 1. The van der Waals surface area contributed by atoms with Crippen molar-refractivity contribution in [1.82, 2.24) is 14.9 Å². The number of hydrogen-bond acceptors (Lipinski definition) is 6. The molecule has 1 aliphatic heterocycles. The molecule has 188 valence electrons. The van der Waals surface area contributed by atoms with E-state index in [1.807, 2.05) is 0 Å². The Morgan fingerprint density at radius 3 is 2.67 bits per heavy atom. The van der Waals surface area contributed by atoms with Crippen LogP contribution < -0.4 is 10.9 Å². The number of ether oxygens (including phenoxy) is 1. The molecule has 1 saturated carbocycles. The first kappa shape index (κ1) is 25.0. The maximum absolute atomic E-state index is 13.5. The summed E-state index contributed by atoms with van der Waals surface area (Å²) in [6.45, 7) is 1.05.